The van der Waals surface area contributed by atoms with E-state index >= 15 is 0 Å². The number of fused-ring (bicyclic) bond motifs is 6. The lowest BCUT2D eigenvalue weighted by molar-refractivity contribution is -0.130. The fourth-order valence-corrected chi connectivity index (χ4v) is 3.79. The number of rotatable bonds is 3. The zero-order valence-corrected chi connectivity index (χ0v) is 13.3. The average Bonchev–Trinajstić information content (AvgIpc) is 3.16. The van der Waals surface area contributed by atoms with Gasteiger partial charge in [0.05, 0.1) is 7.11 Å². The third kappa shape index (κ3) is 1.93. The predicted molar refractivity (Wildman–Crippen MR) is 90.2 cm³/mol. The van der Waals surface area contributed by atoms with E-state index in [0.717, 1.165) is 28.5 Å². The minimum absolute atomic E-state index is 0.293. The molecule has 2 atom stereocenters. The van der Waals surface area contributed by atoms with Gasteiger partial charge in [-0.3, -0.25) is 0 Å². The van der Waals surface area contributed by atoms with E-state index in [1.54, 1.807) is 14.0 Å². The second kappa shape index (κ2) is 4.98. The van der Waals surface area contributed by atoms with Gasteiger partial charge in [0.25, 0.3) is 0 Å². The molecule has 3 nitrogen and oxygen atoms in total. The van der Waals surface area contributed by atoms with E-state index < -0.39 is 0 Å². The fraction of sp³-hybridized carbons (Fsp3) is 0.250. The van der Waals surface area contributed by atoms with Crippen molar-refractivity contribution in [3.05, 3.63) is 59.7 Å². The molecule has 2 aromatic carbocycles. The molecule has 0 saturated heterocycles. The highest BCUT2D eigenvalue weighted by molar-refractivity contribution is 6.00. The standard InChI is InChI=1S/C20H18O3/c1-11(2)20(21)23-19-15-7-5-4-6-14(15)18(22-3)16-12-8-9-13(10-12)17(16)19/h4-9,12-13H,1,10H2,2-3H3. The third-order valence-corrected chi connectivity index (χ3v) is 4.77. The Kier molecular flexibility index (Phi) is 3.05. The number of ether oxygens (including phenoxy) is 2. The Morgan fingerprint density at radius 3 is 2.22 bits per heavy atom. The molecule has 23 heavy (non-hydrogen) atoms. The van der Waals surface area contributed by atoms with E-state index in [2.05, 4.69) is 18.7 Å². The fourth-order valence-electron chi connectivity index (χ4n) is 3.79. The normalized spacial score (nSPS) is 20.6. The SMILES string of the molecule is C=C(C)C(=O)Oc1c2c(c(OC)c3ccccc13)C1C=CC2C1. The molecule has 0 aromatic heterocycles. The van der Waals surface area contributed by atoms with Gasteiger partial charge in [0.15, 0.2) is 0 Å². The summed E-state index contributed by atoms with van der Waals surface area (Å²) >= 11 is 0. The van der Waals surface area contributed by atoms with Crippen LogP contribution in [0.2, 0.25) is 0 Å². The van der Waals surface area contributed by atoms with E-state index in [9.17, 15) is 4.79 Å². The van der Waals surface area contributed by atoms with Crippen molar-refractivity contribution in [2.24, 2.45) is 0 Å². The van der Waals surface area contributed by atoms with Gasteiger partial charge in [-0.15, -0.1) is 0 Å². The average molecular weight is 306 g/mol. The van der Waals surface area contributed by atoms with Crippen LogP contribution in [0.3, 0.4) is 0 Å². The Morgan fingerprint density at radius 2 is 1.65 bits per heavy atom. The lowest BCUT2D eigenvalue weighted by Crippen LogP contribution is -2.12. The van der Waals surface area contributed by atoms with Crippen LogP contribution in [0.25, 0.3) is 10.8 Å². The Hall–Kier alpha value is -2.55. The van der Waals surface area contributed by atoms with Crippen LogP contribution in [0.15, 0.2) is 48.6 Å². The molecule has 4 rings (SSSR count). The molecule has 0 radical (unpaired) electrons. The number of benzene rings is 2. The summed E-state index contributed by atoms with van der Waals surface area (Å²) in [7, 11) is 1.71. The van der Waals surface area contributed by atoms with Crippen LogP contribution < -0.4 is 9.47 Å². The summed E-state index contributed by atoms with van der Waals surface area (Å²) < 4.78 is 11.5. The van der Waals surface area contributed by atoms with E-state index in [1.165, 1.54) is 5.56 Å². The molecule has 3 heteroatoms. The van der Waals surface area contributed by atoms with Crippen LogP contribution in [-0.4, -0.2) is 13.1 Å². The molecule has 0 amide bonds. The second-order valence-corrected chi connectivity index (χ2v) is 6.24. The van der Waals surface area contributed by atoms with Crippen LogP contribution >= 0.6 is 0 Å². The predicted octanol–water partition coefficient (Wildman–Crippen LogP) is 4.47. The van der Waals surface area contributed by atoms with Gasteiger partial charge in [-0.2, -0.15) is 0 Å². The summed E-state index contributed by atoms with van der Waals surface area (Å²) in [4.78, 5) is 12.1. The van der Waals surface area contributed by atoms with Crippen molar-refractivity contribution in [2.75, 3.05) is 7.11 Å². The number of carbonyl (C=O) groups is 1. The first-order valence-corrected chi connectivity index (χ1v) is 7.80. The molecular formula is C20H18O3. The Bertz CT molecular complexity index is 876. The van der Waals surface area contributed by atoms with E-state index in [0.29, 0.717) is 23.2 Å². The Labute approximate surface area is 135 Å². The molecule has 2 aliphatic carbocycles. The van der Waals surface area contributed by atoms with E-state index in [1.807, 2.05) is 24.3 Å². The minimum Gasteiger partial charge on any atom is -0.496 e. The van der Waals surface area contributed by atoms with Gasteiger partial charge in [-0.05, 0) is 13.3 Å². The molecular weight excluding hydrogens is 288 g/mol. The van der Waals surface area contributed by atoms with Crippen molar-refractivity contribution in [3.8, 4) is 11.5 Å². The minimum atomic E-state index is -0.380. The Morgan fingerprint density at radius 1 is 1.09 bits per heavy atom. The van der Waals surface area contributed by atoms with Gasteiger partial charge in [-0.1, -0.05) is 43.0 Å². The van der Waals surface area contributed by atoms with Crippen LogP contribution in [0.1, 0.15) is 36.3 Å². The molecule has 0 N–H and O–H groups in total. The first kappa shape index (κ1) is 14.1. The highest BCUT2D eigenvalue weighted by Crippen LogP contribution is 2.58. The molecule has 0 heterocycles. The summed E-state index contributed by atoms with van der Waals surface area (Å²) in [5.41, 5.74) is 2.67. The molecule has 0 fully saturated rings. The zero-order chi connectivity index (χ0) is 16.1. The third-order valence-electron chi connectivity index (χ3n) is 4.77. The topological polar surface area (TPSA) is 35.5 Å². The first-order chi connectivity index (χ1) is 11.1. The molecule has 2 bridgehead atoms. The zero-order valence-electron chi connectivity index (χ0n) is 13.3. The first-order valence-electron chi connectivity index (χ1n) is 7.80. The van der Waals surface area contributed by atoms with E-state index in [-0.39, 0.29) is 5.97 Å². The van der Waals surface area contributed by atoms with Crippen molar-refractivity contribution in [1.29, 1.82) is 0 Å². The molecule has 0 saturated carbocycles. The van der Waals surface area contributed by atoms with Crippen LogP contribution in [0, 0.1) is 0 Å². The summed E-state index contributed by atoms with van der Waals surface area (Å²) in [5.74, 6) is 1.83. The highest BCUT2D eigenvalue weighted by Gasteiger charge is 2.39. The summed E-state index contributed by atoms with van der Waals surface area (Å²) in [6.45, 7) is 5.36. The van der Waals surface area contributed by atoms with Crippen molar-refractivity contribution in [2.45, 2.75) is 25.2 Å². The number of hydrogen-bond acceptors (Lipinski definition) is 3. The largest absolute Gasteiger partial charge is 0.496 e. The maximum atomic E-state index is 12.1. The molecule has 0 aliphatic heterocycles. The molecule has 116 valence electrons. The summed E-state index contributed by atoms with van der Waals surface area (Å²) in [6.07, 6.45) is 5.47. The number of hydrogen-bond donors (Lipinski definition) is 0. The second-order valence-electron chi connectivity index (χ2n) is 6.24. The van der Waals surface area contributed by atoms with Gasteiger partial charge in [0.1, 0.15) is 11.5 Å². The van der Waals surface area contributed by atoms with Crippen molar-refractivity contribution in [3.63, 3.8) is 0 Å². The summed E-state index contributed by atoms with van der Waals surface area (Å²) in [5, 5.41) is 1.90. The van der Waals surface area contributed by atoms with Gasteiger partial charge < -0.3 is 9.47 Å². The molecule has 0 spiro atoms. The van der Waals surface area contributed by atoms with Gasteiger partial charge >= 0.3 is 5.97 Å². The smallest absolute Gasteiger partial charge is 0.338 e. The summed E-state index contributed by atoms with van der Waals surface area (Å²) in [6, 6.07) is 7.93. The van der Waals surface area contributed by atoms with Gasteiger partial charge in [-0.25, -0.2) is 4.79 Å². The van der Waals surface area contributed by atoms with Crippen LogP contribution in [0.5, 0.6) is 11.5 Å². The number of methoxy groups -OCH3 is 1. The molecule has 2 aromatic rings. The molecule has 2 unspecified atom stereocenters. The van der Waals surface area contributed by atoms with Crippen molar-refractivity contribution >= 4 is 16.7 Å². The van der Waals surface area contributed by atoms with Crippen LogP contribution in [-0.2, 0) is 4.79 Å². The number of carbonyl (C=O) groups excluding carboxylic acids is 1. The van der Waals surface area contributed by atoms with E-state index in [4.69, 9.17) is 9.47 Å². The van der Waals surface area contributed by atoms with Gasteiger partial charge in [0.2, 0.25) is 0 Å². The molecule has 2 aliphatic rings. The van der Waals surface area contributed by atoms with Crippen molar-refractivity contribution in [1.82, 2.24) is 0 Å². The number of allylic oxidation sites excluding steroid dienone is 2. The number of esters is 1. The monoisotopic (exact) mass is 306 g/mol. The maximum absolute atomic E-state index is 12.1. The van der Waals surface area contributed by atoms with Crippen molar-refractivity contribution < 1.29 is 14.3 Å². The quantitative estimate of drug-likeness (QED) is 0.363. The Balaban J connectivity index is 2.04. The lowest BCUT2D eigenvalue weighted by Gasteiger charge is -2.21. The lowest BCUT2D eigenvalue weighted by atomic mass is 9.90. The maximum Gasteiger partial charge on any atom is 0.338 e. The highest BCUT2D eigenvalue weighted by atomic mass is 16.5. The van der Waals surface area contributed by atoms with Gasteiger partial charge in [0, 0.05) is 39.3 Å². The van der Waals surface area contributed by atoms with Crippen LogP contribution in [0.4, 0.5) is 0 Å².